The fraction of sp³-hybridized carbons (Fsp3) is 0.600. The van der Waals surface area contributed by atoms with Gasteiger partial charge in [0.25, 0.3) is 0 Å². The molecule has 0 aliphatic carbocycles. The Morgan fingerprint density at radius 1 is 1.67 bits per heavy atom. The normalized spacial score (nSPS) is 17.6. The lowest BCUT2D eigenvalue weighted by Gasteiger charge is -2.18. The fourth-order valence-corrected chi connectivity index (χ4v) is 2.63. The predicted molar refractivity (Wildman–Crippen MR) is 59.1 cm³/mol. The van der Waals surface area contributed by atoms with Gasteiger partial charge in [-0.15, -0.1) is 11.8 Å². The van der Waals surface area contributed by atoms with E-state index in [2.05, 4.69) is 5.10 Å². The zero-order valence-corrected chi connectivity index (χ0v) is 9.71. The number of hydrogen-bond donors (Lipinski definition) is 0. The van der Waals surface area contributed by atoms with Gasteiger partial charge in [-0.3, -0.25) is 4.79 Å². The lowest BCUT2D eigenvalue weighted by Crippen LogP contribution is -2.17. The molecule has 1 atom stereocenters. The van der Waals surface area contributed by atoms with E-state index in [9.17, 15) is 4.79 Å². The van der Waals surface area contributed by atoms with Gasteiger partial charge in [0.2, 0.25) is 0 Å². The second-order valence-electron chi connectivity index (χ2n) is 3.42. The van der Waals surface area contributed by atoms with Crippen LogP contribution in [-0.4, -0.2) is 27.9 Å². The highest BCUT2D eigenvalue weighted by atomic mass is 32.2. The summed E-state index contributed by atoms with van der Waals surface area (Å²) in [7, 11) is 0. The van der Waals surface area contributed by atoms with Crippen LogP contribution >= 0.6 is 11.8 Å². The van der Waals surface area contributed by atoms with Gasteiger partial charge in [0.15, 0.2) is 5.78 Å². The van der Waals surface area contributed by atoms with Crippen molar-refractivity contribution in [3.05, 3.63) is 17.5 Å². The van der Waals surface area contributed by atoms with E-state index in [1.165, 1.54) is 0 Å². The van der Waals surface area contributed by atoms with E-state index in [-0.39, 0.29) is 12.0 Å². The average molecular weight is 226 g/mol. The van der Waals surface area contributed by atoms with Crippen LogP contribution in [0.25, 0.3) is 0 Å². The third-order valence-corrected chi connectivity index (χ3v) is 3.37. The number of hydrogen-bond acceptors (Lipinski definition) is 4. The Morgan fingerprint density at radius 3 is 3.20 bits per heavy atom. The second kappa shape index (κ2) is 4.37. The molecule has 1 unspecified atom stereocenters. The summed E-state index contributed by atoms with van der Waals surface area (Å²) >= 11 is 1.63. The highest BCUT2D eigenvalue weighted by Gasteiger charge is 2.23. The van der Waals surface area contributed by atoms with Gasteiger partial charge in [-0.1, -0.05) is 0 Å². The Bertz CT molecular complexity index is 375. The minimum atomic E-state index is -0.0924. The van der Waals surface area contributed by atoms with Crippen molar-refractivity contribution in [2.45, 2.75) is 25.8 Å². The molecule has 0 amide bonds. The molecule has 0 aromatic carbocycles. The number of fused-ring (bicyclic) bond motifs is 1. The van der Waals surface area contributed by atoms with Crippen LogP contribution in [0.15, 0.2) is 6.20 Å². The van der Waals surface area contributed by atoms with Crippen molar-refractivity contribution >= 4 is 17.5 Å². The number of carbonyl (C=O) groups is 1. The van der Waals surface area contributed by atoms with Crippen LogP contribution in [0.3, 0.4) is 0 Å². The highest BCUT2D eigenvalue weighted by molar-refractivity contribution is 7.99. The van der Waals surface area contributed by atoms with Gasteiger partial charge in [-0.2, -0.15) is 5.10 Å². The third-order valence-electron chi connectivity index (χ3n) is 2.42. The maximum atomic E-state index is 11.6. The summed E-state index contributed by atoms with van der Waals surface area (Å²) < 4.78 is 7.28. The molecule has 0 radical (unpaired) electrons. The first-order valence-corrected chi connectivity index (χ1v) is 6.18. The maximum absolute atomic E-state index is 11.6. The Morgan fingerprint density at radius 2 is 2.47 bits per heavy atom. The summed E-state index contributed by atoms with van der Waals surface area (Å²) in [5, 5.41) is 4.22. The maximum Gasteiger partial charge on any atom is 0.176 e. The van der Waals surface area contributed by atoms with Crippen molar-refractivity contribution in [3.8, 4) is 0 Å². The van der Waals surface area contributed by atoms with E-state index in [4.69, 9.17) is 4.74 Å². The number of aromatic nitrogens is 2. The molecule has 5 heteroatoms. The molecule has 15 heavy (non-hydrogen) atoms. The van der Waals surface area contributed by atoms with E-state index >= 15 is 0 Å². The van der Waals surface area contributed by atoms with E-state index in [1.807, 2.05) is 18.5 Å². The van der Waals surface area contributed by atoms with Crippen LogP contribution in [0.4, 0.5) is 0 Å². The summed E-state index contributed by atoms with van der Waals surface area (Å²) in [6, 6.07) is 0. The zero-order valence-electron chi connectivity index (χ0n) is 8.90. The molecule has 4 nitrogen and oxygen atoms in total. The number of ketones is 1. The first-order chi connectivity index (χ1) is 7.24. The predicted octanol–water partition coefficient (Wildman–Crippen LogP) is 1.87. The number of ether oxygens (including phenoxy) is 1. The van der Waals surface area contributed by atoms with E-state index in [1.54, 1.807) is 18.0 Å². The zero-order chi connectivity index (χ0) is 10.8. The van der Waals surface area contributed by atoms with Crippen molar-refractivity contribution < 1.29 is 9.53 Å². The molecule has 1 aromatic heterocycles. The van der Waals surface area contributed by atoms with Crippen molar-refractivity contribution in [1.82, 2.24) is 9.78 Å². The first kappa shape index (κ1) is 10.7. The quantitative estimate of drug-likeness (QED) is 0.789. The first-order valence-electron chi connectivity index (χ1n) is 5.03. The van der Waals surface area contributed by atoms with Gasteiger partial charge >= 0.3 is 0 Å². The molecule has 0 saturated carbocycles. The van der Waals surface area contributed by atoms with Crippen molar-refractivity contribution in [1.29, 1.82) is 0 Å². The molecule has 0 fully saturated rings. The summed E-state index contributed by atoms with van der Waals surface area (Å²) in [6.45, 7) is 4.55. The number of nitrogens with zero attached hydrogens (tertiary/aromatic N) is 2. The van der Waals surface area contributed by atoms with Gasteiger partial charge in [0, 0.05) is 12.4 Å². The molecule has 82 valence electrons. The Balaban J connectivity index is 2.30. The van der Waals surface area contributed by atoms with E-state index < -0.39 is 0 Å². The van der Waals surface area contributed by atoms with E-state index in [0.717, 1.165) is 17.0 Å². The lowest BCUT2D eigenvalue weighted by atomic mass is 10.2. The van der Waals surface area contributed by atoms with Gasteiger partial charge in [-0.05, 0) is 13.8 Å². The number of rotatable bonds is 3. The largest absolute Gasteiger partial charge is 0.357 e. The summed E-state index contributed by atoms with van der Waals surface area (Å²) in [4.78, 5) is 11.6. The Hall–Kier alpha value is -0.810. The van der Waals surface area contributed by atoms with Gasteiger partial charge in [-0.25, -0.2) is 4.68 Å². The summed E-state index contributed by atoms with van der Waals surface area (Å²) in [5.41, 5.74) is 1.76. The van der Waals surface area contributed by atoms with Crippen LogP contribution in [-0.2, 0) is 10.5 Å². The SMILES string of the molecule is CCOC(C)n1ncc2c1CSCC2=O. The second-order valence-corrected chi connectivity index (χ2v) is 4.41. The van der Waals surface area contributed by atoms with Crippen molar-refractivity contribution in [2.24, 2.45) is 0 Å². The lowest BCUT2D eigenvalue weighted by molar-refractivity contribution is 0.0143. The molecule has 0 spiro atoms. The standard InChI is InChI=1S/C10H14N2O2S/c1-3-14-7(2)12-9-5-15-6-10(13)8(9)4-11-12/h4,7H,3,5-6H2,1-2H3. The number of Topliss-reactive ketones (excluding diaryl/α,β-unsaturated/α-hetero) is 1. The van der Waals surface area contributed by atoms with Crippen LogP contribution in [0.1, 0.15) is 36.1 Å². The third kappa shape index (κ3) is 1.94. The molecule has 1 aromatic rings. The topological polar surface area (TPSA) is 44.1 Å². The Labute approximate surface area is 93.0 Å². The average Bonchev–Trinajstić information content (AvgIpc) is 2.63. The van der Waals surface area contributed by atoms with Crippen LogP contribution in [0.5, 0.6) is 0 Å². The molecule has 2 rings (SSSR count). The molecule has 2 heterocycles. The van der Waals surface area contributed by atoms with Crippen molar-refractivity contribution in [2.75, 3.05) is 12.4 Å². The van der Waals surface area contributed by atoms with Gasteiger partial charge in [0.05, 0.1) is 23.2 Å². The van der Waals surface area contributed by atoms with Crippen molar-refractivity contribution in [3.63, 3.8) is 0 Å². The Kier molecular flexibility index (Phi) is 3.11. The van der Waals surface area contributed by atoms with Crippen LogP contribution < -0.4 is 0 Å². The van der Waals surface area contributed by atoms with Gasteiger partial charge < -0.3 is 4.74 Å². The fourth-order valence-electron chi connectivity index (χ4n) is 1.71. The minimum absolute atomic E-state index is 0.0924. The molecule has 1 aliphatic heterocycles. The molecule has 0 bridgehead atoms. The van der Waals surface area contributed by atoms with E-state index in [0.29, 0.717) is 12.4 Å². The summed E-state index contributed by atoms with van der Waals surface area (Å²) in [6.07, 6.45) is 1.57. The van der Waals surface area contributed by atoms with Crippen LogP contribution in [0, 0.1) is 0 Å². The minimum Gasteiger partial charge on any atom is -0.357 e. The summed E-state index contributed by atoms with van der Waals surface area (Å²) in [5.74, 6) is 1.59. The molecule has 1 aliphatic rings. The van der Waals surface area contributed by atoms with Crippen LogP contribution in [0.2, 0.25) is 0 Å². The highest BCUT2D eigenvalue weighted by Crippen LogP contribution is 2.26. The van der Waals surface area contributed by atoms with Gasteiger partial charge in [0.1, 0.15) is 6.23 Å². The number of carbonyl (C=O) groups excluding carboxylic acids is 1. The monoisotopic (exact) mass is 226 g/mol. The molecular weight excluding hydrogens is 212 g/mol. The molecule has 0 saturated heterocycles. The number of thioether (sulfide) groups is 1. The molecule has 0 N–H and O–H groups in total. The molecular formula is C10H14N2O2S. The smallest absolute Gasteiger partial charge is 0.176 e.